The number of anilines is 1. The number of benzene rings is 1. The molecular weight excluding hydrogens is 270 g/mol. The van der Waals surface area contributed by atoms with Gasteiger partial charge in [0.1, 0.15) is 12.1 Å². The molecule has 1 aliphatic heterocycles. The molecule has 0 bridgehead atoms. The number of aromatic nitrogens is 2. The van der Waals surface area contributed by atoms with E-state index in [2.05, 4.69) is 15.3 Å². The summed E-state index contributed by atoms with van der Waals surface area (Å²) in [4.78, 5) is 8.26. The lowest BCUT2D eigenvalue weighted by atomic mass is 10.2. The number of fused-ring (bicyclic) bond motifs is 1. The molecule has 0 unspecified atom stereocenters. The maximum absolute atomic E-state index is 5.55. The molecule has 0 fully saturated rings. The smallest absolute Gasteiger partial charge is 0.231 e. The highest BCUT2D eigenvalue weighted by Crippen LogP contribution is 2.35. The highest BCUT2D eigenvalue weighted by atomic mass is 16.7. The molecule has 1 aliphatic rings. The van der Waals surface area contributed by atoms with E-state index in [0.717, 1.165) is 17.1 Å². The van der Waals surface area contributed by atoms with Gasteiger partial charge in [-0.05, 0) is 19.9 Å². The van der Waals surface area contributed by atoms with Crippen LogP contribution in [0, 0.1) is 0 Å². The summed E-state index contributed by atoms with van der Waals surface area (Å²) in [6.45, 7) is 4.77. The third kappa shape index (κ3) is 3.16. The van der Waals surface area contributed by atoms with Gasteiger partial charge in [0.25, 0.3) is 0 Å². The van der Waals surface area contributed by atoms with Gasteiger partial charge in [-0.3, -0.25) is 0 Å². The molecule has 6 heteroatoms. The number of para-hydroxylation sites is 1. The van der Waals surface area contributed by atoms with Crippen LogP contribution in [-0.4, -0.2) is 22.9 Å². The Kier molecular flexibility index (Phi) is 3.77. The normalized spacial score (nSPS) is 12.5. The Bertz CT molecular complexity index is 631. The highest BCUT2D eigenvalue weighted by Gasteiger charge is 2.16. The van der Waals surface area contributed by atoms with Crippen molar-refractivity contribution >= 4 is 5.82 Å². The lowest BCUT2D eigenvalue weighted by Gasteiger charge is -2.11. The maximum atomic E-state index is 5.55. The van der Waals surface area contributed by atoms with E-state index in [1.54, 1.807) is 6.07 Å². The maximum Gasteiger partial charge on any atom is 0.231 e. The van der Waals surface area contributed by atoms with Gasteiger partial charge in [-0.25, -0.2) is 9.97 Å². The van der Waals surface area contributed by atoms with Gasteiger partial charge < -0.3 is 19.5 Å². The summed E-state index contributed by atoms with van der Waals surface area (Å²) in [5, 5.41) is 3.24. The largest absolute Gasteiger partial charge is 0.475 e. The van der Waals surface area contributed by atoms with Crippen molar-refractivity contribution in [3.05, 3.63) is 36.2 Å². The van der Waals surface area contributed by atoms with E-state index in [0.29, 0.717) is 18.2 Å². The van der Waals surface area contributed by atoms with Crippen LogP contribution in [0.5, 0.6) is 17.4 Å². The molecular formula is C15H17N3O3. The summed E-state index contributed by atoms with van der Waals surface area (Å²) >= 11 is 0. The number of hydrogen-bond acceptors (Lipinski definition) is 6. The first kappa shape index (κ1) is 13.5. The SMILES string of the molecule is CC(C)Oc1cc(NCc2cccc3c2OCO3)ncn1. The fourth-order valence-electron chi connectivity index (χ4n) is 2.06. The van der Waals surface area contributed by atoms with E-state index in [1.165, 1.54) is 6.33 Å². The van der Waals surface area contributed by atoms with Crippen LogP contribution in [0.1, 0.15) is 19.4 Å². The zero-order valence-corrected chi connectivity index (χ0v) is 12.0. The van der Waals surface area contributed by atoms with Crippen molar-refractivity contribution in [1.82, 2.24) is 9.97 Å². The van der Waals surface area contributed by atoms with Gasteiger partial charge in [0, 0.05) is 18.2 Å². The Morgan fingerprint density at radius 1 is 1.29 bits per heavy atom. The molecule has 6 nitrogen and oxygen atoms in total. The van der Waals surface area contributed by atoms with Gasteiger partial charge in [0.15, 0.2) is 11.5 Å². The van der Waals surface area contributed by atoms with Crippen LogP contribution in [0.25, 0.3) is 0 Å². The second kappa shape index (κ2) is 5.87. The Balaban J connectivity index is 1.69. The summed E-state index contributed by atoms with van der Waals surface area (Å²) < 4.78 is 16.4. The molecule has 0 saturated carbocycles. The van der Waals surface area contributed by atoms with E-state index in [1.807, 2.05) is 32.0 Å². The first-order chi connectivity index (χ1) is 10.2. The minimum absolute atomic E-state index is 0.0793. The first-order valence-electron chi connectivity index (χ1n) is 6.82. The summed E-state index contributed by atoms with van der Waals surface area (Å²) in [7, 11) is 0. The number of ether oxygens (including phenoxy) is 3. The summed E-state index contributed by atoms with van der Waals surface area (Å²) in [6, 6.07) is 7.61. The molecule has 0 radical (unpaired) electrons. The van der Waals surface area contributed by atoms with Crippen molar-refractivity contribution in [2.45, 2.75) is 26.5 Å². The van der Waals surface area contributed by atoms with Crippen molar-refractivity contribution in [3.63, 3.8) is 0 Å². The Labute approximate surface area is 123 Å². The molecule has 0 saturated heterocycles. The molecule has 21 heavy (non-hydrogen) atoms. The minimum Gasteiger partial charge on any atom is -0.475 e. The van der Waals surface area contributed by atoms with Gasteiger partial charge in [-0.15, -0.1) is 0 Å². The molecule has 1 aromatic carbocycles. The Morgan fingerprint density at radius 2 is 2.19 bits per heavy atom. The van der Waals surface area contributed by atoms with Crippen LogP contribution in [0.4, 0.5) is 5.82 Å². The van der Waals surface area contributed by atoms with Crippen LogP contribution in [-0.2, 0) is 6.54 Å². The molecule has 110 valence electrons. The minimum atomic E-state index is 0.0793. The van der Waals surface area contributed by atoms with Crippen molar-refractivity contribution in [2.24, 2.45) is 0 Å². The Hall–Kier alpha value is -2.50. The van der Waals surface area contributed by atoms with Crippen LogP contribution < -0.4 is 19.5 Å². The van der Waals surface area contributed by atoms with Crippen molar-refractivity contribution < 1.29 is 14.2 Å². The third-order valence-electron chi connectivity index (χ3n) is 2.94. The summed E-state index contributed by atoms with van der Waals surface area (Å²) in [6.07, 6.45) is 1.56. The van der Waals surface area contributed by atoms with Gasteiger partial charge in [0.2, 0.25) is 12.7 Å². The second-order valence-corrected chi connectivity index (χ2v) is 4.91. The van der Waals surface area contributed by atoms with Crippen molar-refractivity contribution in [2.75, 3.05) is 12.1 Å². The molecule has 1 aromatic heterocycles. The Morgan fingerprint density at radius 3 is 3.05 bits per heavy atom. The van der Waals surface area contributed by atoms with Gasteiger partial charge >= 0.3 is 0 Å². The number of nitrogens with one attached hydrogen (secondary N) is 1. The van der Waals surface area contributed by atoms with Crippen LogP contribution in [0.15, 0.2) is 30.6 Å². The van der Waals surface area contributed by atoms with Crippen LogP contribution in [0.3, 0.4) is 0 Å². The lowest BCUT2D eigenvalue weighted by Crippen LogP contribution is -2.08. The summed E-state index contributed by atoms with van der Waals surface area (Å²) in [5.74, 6) is 2.83. The van der Waals surface area contributed by atoms with Crippen molar-refractivity contribution in [1.29, 1.82) is 0 Å². The molecule has 2 aromatic rings. The molecule has 0 spiro atoms. The molecule has 3 rings (SSSR count). The predicted octanol–water partition coefficient (Wildman–Crippen LogP) is 2.60. The van der Waals surface area contributed by atoms with Crippen LogP contribution >= 0.6 is 0 Å². The van der Waals surface area contributed by atoms with Crippen LogP contribution in [0.2, 0.25) is 0 Å². The zero-order chi connectivity index (χ0) is 14.7. The zero-order valence-electron chi connectivity index (χ0n) is 12.0. The highest BCUT2D eigenvalue weighted by molar-refractivity contribution is 5.50. The van der Waals surface area contributed by atoms with E-state index < -0.39 is 0 Å². The standard InChI is InChI=1S/C15H17N3O3/c1-10(2)21-14-6-13(17-8-18-14)16-7-11-4-3-5-12-15(11)20-9-19-12/h3-6,8,10H,7,9H2,1-2H3,(H,16,17,18). The van der Waals surface area contributed by atoms with Gasteiger partial charge in [-0.1, -0.05) is 12.1 Å². The van der Waals surface area contributed by atoms with Crippen molar-refractivity contribution in [3.8, 4) is 17.4 Å². The van der Waals surface area contributed by atoms with E-state index >= 15 is 0 Å². The third-order valence-corrected chi connectivity index (χ3v) is 2.94. The molecule has 0 atom stereocenters. The number of nitrogens with zero attached hydrogens (tertiary/aromatic N) is 2. The quantitative estimate of drug-likeness (QED) is 0.912. The number of hydrogen-bond donors (Lipinski definition) is 1. The second-order valence-electron chi connectivity index (χ2n) is 4.91. The average molecular weight is 287 g/mol. The fourth-order valence-corrected chi connectivity index (χ4v) is 2.06. The van der Waals surface area contributed by atoms with E-state index in [9.17, 15) is 0 Å². The topological polar surface area (TPSA) is 65.5 Å². The summed E-state index contributed by atoms with van der Waals surface area (Å²) in [5.41, 5.74) is 1.02. The lowest BCUT2D eigenvalue weighted by molar-refractivity contribution is 0.173. The molecule has 1 N–H and O–H groups in total. The molecule has 0 aliphatic carbocycles. The van der Waals surface area contributed by atoms with Gasteiger partial charge in [-0.2, -0.15) is 0 Å². The fraction of sp³-hybridized carbons (Fsp3) is 0.333. The first-order valence-corrected chi connectivity index (χ1v) is 6.82. The van der Waals surface area contributed by atoms with Gasteiger partial charge in [0.05, 0.1) is 6.10 Å². The molecule has 2 heterocycles. The average Bonchev–Trinajstić information content (AvgIpc) is 2.93. The van der Waals surface area contributed by atoms with E-state index in [-0.39, 0.29) is 12.9 Å². The number of rotatable bonds is 5. The monoisotopic (exact) mass is 287 g/mol. The molecule has 0 amide bonds. The predicted molar refractivity (Wildman–Crippen MR) is 77.7 cm³/mol. The van der Waals surface area contributed by atoms with E-state index in [4.69, 9.17) is 14.2 Å².